The van der Waals surface area contributed by atoms with E-state index in [9.17, 15) is 0 Å². The van der Waals surface area contributed by atoms with Gasteiger partial charge >= 0.3 is 0 Å². The summed E-state index contributed by atoms with van der Waals surface area (Å²) in [6, 6.07) is 8.18. The van der Waals surface area contributed by atoms with E-state index in [0.717, 1.165) is 17.7 Å². The van der Waals surface area contributed by atoms with Crippen LogP contribution in [0.2, 0.25) is 0 Å². The van der Waals surface area contributed by atoms with Crippen LogP contribution in [0.3, 0.4) is 0 Å². The first kappa shape index (κ1) is 7.70. The highest BCUT2D eigenvalue weighted by Gasteiger charge is 2.08. The normalized spacial score (nSPS) is 14.9. The molecule has 1 aromatic carbocycles. The Bertz CT molecular complexity index is 338. The van der Waals surface area contributed by atoms with Gasteiger partial charge < -0.3 is 0 Å². The van der Waals surface area contributed by atoms with Gasteiger partial charge in [-0.15, -0.1) is 0 Å². The highest BCUT2D eigenvalue weighted by molar-refractivity contribution is 7.98. The Kier molecular flexibility index (Phi) is 2.05. The number of rotatable bonds is 0. The van der Waals surface area contributed by atoms with Crippen molar-refractivity contribution in [2.45, 2.75) is 12.2 Å². The average molecular weight is 175 g/mol. The van der Waals surface area contributed by atoms with E-state index in [0.29, 0.717) is 0 Å². The number of hydrogen-bond acceptors (Lipinski definition) is 2. The summed E-state index contributed by atoms with van der Waals surface area (Å²) in [6.45, 7) is 0. The first-order chi connectivity index (χ1) is 5.90. The first-order valence-corrected chi connectivity index (χ1v) is 5.15. The van der Waals surface area contributed by atoms with Gasteiger partial charge in [-0.1, -0.05) is 6.07 Å². The molecule has 0 aromatic heterocycles. The smallest absolute Gasteiger partial charge is 0.0991 e. The molecule has 12 heavy (non-hydrogen) atoms. The van der Waals surface area contributed by atoms with Gasteiger partial charge in [0.2, 0.25) is 0 Å². The lowest BCUT2D eigenvalue weighted by molar-refractivity contribution is 1.08. The summed E-state index contributed by atoms with van der Waals surface area (Å²) in [5, 5.41) is 8.68. The van der Waals surface area contributed by atoms with E-state index in [4.69, 9.17) is 5.26 Å². The van der Waals surface area contributed by atoms with Gasteiger partial charge in [-0.3, -0.25) is 0 Å². The lowest BCUT2D eigenvalue weighted by Crippen LogP contribution is -2.02. The van der Waals surface area contributed by atoms with Crippen LogP contribution in [0.15, 0.2) is 18.2 Å². The molecule has 0 saturated carbocycles. The number of aryl methyl sites for hydroxylation is 1. The third kappa shape index (κ3) is 1.33. The molecule has 0 unspecified atom stereocenters. The first-order valence-electron chi connectivity index (χ1n) is 4.00. The molecule has 0 atom stereocenters. The molecule has 1 heterocycles. The number of fused-ring (bicyclic) bond motifs is 1. The highest BCUT2D eigenvalue weighted by atomic mass is 32.2. The Morgan fingerprint density at radius 1 is 1.33 bits per heavy atom. The van der Waals surface area contributed by atoms with E-state index in [1.165, 1.54) is 16.9 Å². The van der Waals surface area contributed by atoms with Crippen molar-refractivity contribution < 1.29 is 0 Å². The predicted molar refractivity (Wildman–Crippen MR) is 51.0 cm³/mol. The van der Waals surface area contributed by atoms with Crippen molar-refractivity contribution in [2.24, 2.45) is 0 Å². The van der Waals surface area contributed by atoms with Gasteiger partial charge in [0.15, 0.2) is 0 Å². The quantitative estimate of drug-likeness (QED) is 0.604. The van der Waals surface area contributed by atoms with Crippen molar-refractivity contribution in [3.05, 3.63) is 34.9 Å². The van der Waals surface area contributed by atoms with Crippen molar-refractivity contribution in [1.82, 2.24) is 0 Å². The van der Waals surface area contributed by atoms with Crippen molar-refractivity contribution in [3.63, 3.8) is 0 Å². The molecule has 60 valence electrons. The van der Waals surface area contributed by atoms with Gasteiger partial charge in [0.05, 0.1) is 11.6 Å². The van der Waals surface area contributed by atoms with Crippen LogP contribution in [0.5, 0.6) is 0 Å². The SMILES string of the molecule is N#Cc1ccc2c(c1)CCSC2. The van der Waals surface area contributed by atoms with Crippen molar-refractivity contribution in [2.75, 3.05) is 5.75 Å². The third-order valence-electron chi connectivity index (χ3n) is 2.11. The molecular formula is C10H9NS. The molecule has 0 fully saturated rings. The number of benzene rings is 1. The maximum Gasteiger partial charge on any atom is 0.0991 e. The number of hydrogen-bond donors (Lipinski definition) is 0. The Labute approximate surface area is 76.4 Å². The molecule has 1 aliphatic rings. The molecular weight excluding hydrogens is 166 g/mol. The lowest BCUT2D eigenvalue weighted by atomic mass is 10.0. The molecule has 0 radical (unpaired) electrons. The molecule has 1 nitrogen and oxygen atoms in total. The van der Waals surface area contributed by atoms with Gasteiger partial charge in [0.25, 0.3) is 0 Å². The topological polar surface area (TPSA) is 23.8 Å². The monoisotopic (exact) mass is 175 g/mol. The van der Waals surface area contributed by atoms with Crippen molar-refractivity contribution in [1.29, 1.82) is 5.26 Å². The second-order valence-electron chi connectivity index (χ2n) is 2.90. The second kappa shape index (κ2) is 3.20. The fraction of sp³-hybridized carbons (Fsp3) is 0.300. The molecule has 2 rings (SSSR count). The zero-order chi connectivity index (χ0) is 8.39. The molecule has 0 bridgehead atoms. The van der Waals surface area contributed by atoms with Crippen LogP contribution < -0.4 is 0 Å². The fourth-order valence-electron chi connectivity index (χ4n) is 1.43. The molecule has 0 aliphatic carbocycles. The van der Waals surface area contributed by atoms with E-state index in [1.807, 2.05) is 23.9 Å². The minimum absolute atomic E-state index is 0.792. The number of nitriles is 1. The van der Waals surface area contributed by atoms with Crippen molar-refractivity contribution >= 4 is 11.8 Å². The molecule has 1 aliphatic heterocycles. The largest absolute Gasteiger partial charge is 0.192 e. The van der Waals surface area contributed by atoms with Gasteiger partial charge in [-0.05, 0) is 35.4 Å². The van der Waals surface area contributed by atoms with Crippen LogP contribution in [-0.2, 0) is 12.2 Å². The zero-order valence-corrected chi connectivity index (χ0v) is 7.53. The van der Waals surface area contributed by atoms with E-state index in [2.05, 4.69) is 12.1 Å². The minimum atomic E-state index is 0.792. The Morgan fingerprint density at radius 3 is 3.08 bits per heavy atom. The van der Waals surface area contributed by atoms with E-state index >= 15 is 0 Å². The summed E-state index contributed by atoms with van der Waals surface area (Å²) in [5.74, 6) is 2.31. The standard InChI is InChI=1S/C10H9NS/c11-6-8-1-2-10-7-12-4-3-9(10)5-8/h1-2,5H,3-4,7H2. The van der Waals surface area contributed by atoms with E-state index in [-0.39, 0.29) is 0 Å². The molecule has 0 saturated heterocycles. The summed E-state index contributed by atoms with van der Waals surface area (Å²) in [7, 11) is 0. The fourth-order valence-corrected chi connectivity index (χ4v) is 2.44. The van der Waals surface area contributed by atoms with Crippen LogP contribution in [0, 0.1) is 11.3 Å². The molecule has 0 N–H and O–H groups in total. The van der Waals surface area contributed by atoms with E-state index in [1.54, 1.807) is 0 Å². The second-order valence-corrected chi connectivity index (χ2v) is 4.00. The Morgan fingerprint density at radius 2 is 2.25 bits per heavy atom. The molecule has 0 spiro atoms. The van der Waals surface area contributed by atoms with Gasteiger partial charge in [0.1, 0.15) is 0 Å². The van der Waals surface area contributed by atoms with Crippen LogP contribution in [-0.4, -0.2) is 5.75 Å². The lowest BCUT2D eigenvalue weighted by Gasteiger charge is -2.14. The maximum atomic E-state index is 8.68. The summed E-state index contributed by atoms with van der Waals surface area (Å²) in [5.41, 5.74) is 3.57. The summed E-state index contributed by atoms with van der Waals surface area (Å²) < 4.78 is 0. The van der Waals surface area contributed by atoms with Crippen LogP contribution in [0.4, 0.5) is 0 Å². The van der Waals surface area contributed by atoms with Crippen LogP contribution in [0.25, 0.3) is 0 Å². The average Bonchev–Trinajstić information content (AvgIpc) is 2.17. The Balaban J connectivity index is 2.44. The highest BCUT2D eigenvalue weighted by Crippen LogP contribution is 2.24. The van der Waals surface area contributed by atoms with Crippen LogP contribution in [0.1, 0.15) is 16.7 Å². The van der Waals surface area contributed by atoms with Crippen LogP contribution >= 0.6 is 11.8 Å². The zero-order valence-electron chi connectivity index (χ0n) is 6.71. The van der Waals surface area contributed by atoms with Crippen molar-refractivity contribution in [3.8, 4) is 6.07 Å². The number of thioether (sulfide) groups is 1. The number of nitrogens with zero attached hydrogens (tertiary/aromatic N) is 1. The maximum absolute atomic E-state index is 8.68. The Hall–Kier alpha value is -0.940. The summed E-state index contributed by atoms with van der Waals surface area (Å²) >= 11 is 1.97. The minimum Gasteiger partial charge on any atom is -0.192 e. The summed E-state index contributed by atoms with van der Waals surface area (Å²) in [4.78, 5) is 0. The molecule has 1 aromatic rings. The molecule has 2 heteroatoms. The molecule has 0 amide bonds. The van der Waals surface area contributed by atoms with E-state index < -0.39 is 0 Å². The predicted octanol–water partition coefficient (Wildman–Crippen LogP) is 2.35. The van der Waals surface area contributed by atoms with Gasteiger partial charge in [0, 0.05) is 5.75 Å². The summed E-state index contributed by atoms with van der Waals surface area (Å²) in [6.07, 6.45) is 1.12. The van der Waals surface area contributed by atoms with Gasteiger partial charge in [-0.2, -0.15) is 17.0 Å². The third-order valence-corrected chi connectivity index (χ3v) is 3.12. The van der Waals surface area contributed by atoms with Gasteiger partial charge in [-0.25, -0.2) is 0 Å².